The van der Waals surface area contributed by atoms with Crippen LogP contribution >= 0.6 is 16.3 Å². The van der Waals surface area contributed by atoms with Gasteiger partial charge in [0.2, 0.25) is 0 Å². The molecule has 0 aliphatic rings. The van der Waals surface area contributed by atoms with Crippen molar-refractivity contribution in [3.05, 3.63) is 192 Å². The molecule has 0 atom stereocenters. The average Bonchev–Trinajstić information content (AvgIpc) is 3.26. The Morgan fingerprint density at radius 1 is 0.281 bits per heavy atom. The van der Waals surface area contributed by atoms with Crippen molar-refractivity contribution in [3.63, 3.8) is 0 Å². The largest absolute Gasteiger partial charge is 0.464 e. The van der Waals surface area contributed by atoms with Crippen LogP contribution in [0.5, 0.6) is 11.5 Å². The molecule has 0 aliphatic carbocycles. The van der Waals surface area contributed by atoms with Crippen LogP contribution in [0.1, 0.15) is 22.3 Å². The molecule has 0 radical (unpaired) electrons. The summed E-state index contributed by atoms with van der Waals surface area (Å²) in [5.41, 5.74) is -3.07. The molecule has 0 bridgehead atoms. The Kier molecular flexibility index (Phi) is 11.9. The molecule has 8 aromatic rings. The van der Waals surface area contributed by atoms with Gasteiger partial charge in [-0.25, -0.2) is 0 Å². The molecule has 0 spiro atoms. The molecule has 326 valence electrons. The molecule has 0 N–H and O–H groups in total. The average molecular weight is 927 g/mol. The molecule has 0 saturated heterocycles. The van der Waals surface area contributed by atoms with E-state index in [0.717, 1.165) is 48.5 Å². The maximum atomic E-state index is 13.7. The summed E-state index contributed by atoms with van der Waals surface area (Å²) in [6.07, 6.45) is -18.8. The van der Waals surface area contributed by atoms with Crippen molar-refractivity contribution in [2.45, 2.75) is 24.7 Å². The lowest BCUT2D eigenvalue weighted by Gasteiger charge is -2.26. The van der Waals surface area contributed by atoms with E-state index in [1.54, 1.807) is 72.8 Å². The first kappa shape index (κ1) is 44.5. The smallest absolute Gasteiger partial charge is 0.416 e. The van der Waals surface area contributed by atoms with E-state index in [9.17, 15) is 52.7 Å². The number of alkyl halides is 12. The first-order valence-corrected chi connectivity index (χ1v) is 21.5. The highest BCUT2D eigenvalue weighted by atomic mass is 31.1. The summed E-state index contributed by atoms with van der Waals surface area (Å²) in [4.78, 5) is 0. The number of halogens is 12. The van der Waals surface area contributed by atoms with Crippen LogP contribution in [0, 0.1) is 0 Å². The van der Waals surface area contributed by atoms with Crippen molar-refractivity contribution in [2.24, 2.45) is 0 Å². The van der Waals surface area contributed by atoms with Crippen LogP contribution in [0.15, 0.2) is 170 Å². The highest BCUT2D eigenvalue weighted by Gasteiger charge is 2.35. The van der Waals surface area contributed by atoms with E-state index >= 15 is 0 Å². The van der Waals surface area contributed by atoms with Crippen LogP contribution in [0.4, 0.5) is 52.7 Å². The molecule has 0 fully saturated rings. The summed E-state index contributed by atoms with van der Waals surface area (Å²) < 4.78 is 178. The van der Waals surface area contributed by atoms with Crippen molar-refractivity contribution >= 4 is 59.1 Å². The molecule has 0 amide bonds. The highest BCUT2D eigenvalue weighted by molar-refractivity contribution is 7.69. The van der Waals surface area contributed by atoms with E-state index in [0.29, 0.717) is 32.7 Å². The summed E-state index contributed by atoms with van der Waals surface area (Å²) in [7, 11) is -4.42. The van der Waals surface area contributed by atoms with Crippen LogP contribution in [0.2, 0.25) is 0 Å². The Morgan fingerprint density at radius 2 is 0.531 bits per heavy atom. The Hall–Kier alpha value is -6.10. The van der Waals surface area contributed by atoms with Crippen molar-refractivity contribution in [3.8, 4) is 22.6 Å². The Bertz CT molecular complexity index is 2610. The van der Waals surface area contributed by atoms with Gasteiger partial charge in [0.1, 0.15) is 11.5 Å². The second-order valence-corrected chi connectivity index (χ2v) is 17.9. The van der Waals surface area contributed by atoms with Crippen molar-refractivity contribution in [2.75, 3.05) is 0 Å². The van der Waals surface area contributed by atoms with Gasteiger partial charge in [-0.15, -0.1) is 0 Å². The van der Waals surface area contributed by atoms with E-state index in [4.69, 9.17) is 9.05 Å². The topological polar surface area (TPSA) is 18.5 Å². The Morgan fingerprint density at radius 3 is 0.781 bits per heavy atom. The summed E-state index contributed by atoms with van der Waals surface area (Å²) in [6, 6.07) is 37.2. The van der Waals surface area contributed by atoms with Gasteiger partial charge in [-0.3, -0.25) is 0 Å². The van der Waals surface area contributed by atoms with Gasteiger partial charge in [-0.2, -0.15) is 52.7 Å². The fourth-order valence-corrected chi connectivity index (χ4v) is 10.4. The molecule has 0 saturated carbocycles. The van der Waals surface area contributed by atoms with E-state index in [1.807, 2.05) is 0 Å². The maximum absolute atomic E-state index is 13.7. The van der Waals surface area contributed by atoms with Gasteiger partial charge >= 0.3 is 24.7 Å². The molecule has 8 rings (SSSR count). The zero-order chi connectivity index (χ0) is 45.6. The normalized spacial score (nSPS) is 12.7. The SMILES string of the molecule is FC(F)(F)c1ccc(P(Oc2ccc3ccccc3c2-c2c(OP(c3ccc(C(F)(F)F)cc3)c3ccc(C(F)(F)F)cc3)ccc3ccccc23)c2ccc(C(F)(F)F)cc2)cc1. The van der Waals surface area contributed by atoms with E-state index < -0.39 is 63.3 Å². The van der Waals surface area contributed by atoms with Crippen molar-refractivity contribution in [1.29, 1.82) is 0 Å². The molecule has 8 aromatic carbocycles. The number of hydrogen-bond acceptors (Lipinski definition) is 2. The Balaban J connectivity index is 1.34. The molecular weight excluding hydrogens is 898 g/mol. The first-order chi connectivity index (χ1) is 30.3. The highest BCUT2D eigenvalue weighted by Crippen LogP contribution is 2.52. The number of fused-ring (bicyclic) bond motifs is 2. The zero-order valence-electron chi connectivity index (χ0n) is 32.4. The molecule has 0 aromatic heterocycles. The van der Waals surface area contributed by atoms with Gasteiger partial charge in [0, 0.05) is 32.3 Å². The molecule has 64 heavy (non-hydrogen) atoms. The molecule has 0 heterocycles. The quantitative estimate of drug-likeness (QED) is 0.106. The van der Waals surface area contributed by atoms with E-state index in [-0.39, 0.29) is 32.7 Å². The predicted molar refractivity (Wildman–Crippen MR) is 226 cm³/mol. The fourth-order valence-electron chi connectivity index (χ4n) is 7.02. The van der Waals surface area contributed by atoms with Crippen LogP contribution in [-0.4, -0.2) is 0 Å². The van der Waals surface area contributed by atoms with Gasteiger partial charge in [0.05, 0.1) is 22.3 Å². The second kappa shape index (κ2) is 17.1. The lowest BCUT2D eigenvalue weighted by Crippen LogP contribution is -2.18. The number of benzene rings is 8. The van der Waals surface area contributed by atoms with Gasteiger partial charge in [0.15, 0.2) is 16.3 Å². The lowest BCUT2D eigenvalue weighted by atomic mass is 9.92. The monoisotopic (exact) mass is 926 g/mol. The van der Waals surface area contributed by atoms with Crippen molar-refractivity contribution < 1.29 is 61.7 Å². The van der Waals surface area contributed by atoms with Crippen LogP contribution in [-0.2, 0) is 24.7 Å². The van der Waals surface area contributed by atoms with Crippen LogP contribution < -0.4 is 30.3 Å². The number of rotatable bonds is 9. The summed E-state index contributed by atoms with van der Waals surface area (Å²) in [5, 5.41) is 3.42. The molecule has 2 nitrogen and oxygen atoms in total. The van der Waals surface area contributed by atoms with Crippen molar-refractivity contribution in [1.82, 2.24) is 0 Å². The summed E-state index contributed by atoms with van der Waals surface area (Å²) in [6.45, 7) is 0. The van der Waals surface area contributed by atoms with E-state index in [2.05, 4.69) is 0 Å². The minimum atomic E-state index is -4.69. The molecule has 0 aliphatic heterocycles. The molecule has 0 unspecified atom stereocenters. The predicted octanol–water partition coefficient (Wildman–Crippen LogP) is 14.6. The summed E-state index contributed by atoms with van der Waals surface area (Å²) in [5.74, 6) is 0.276. The molecular formula is C48H28F12O2P2. The second-order valence-electron chi connectivity index (χ2n) is 14.3. The van der Waals surface area contributed by atoms with Gasteiger partial charge < -0.3 is 9.05 Å². The maximum Gasteiger partial charge on any atom is 0.416 e. The van der Waals surface area contributed by atoms with Crippen LogP contribution in [0.25, 0.3) is 32.7 Å². The number of hydrogen-bond donors (Lipinski definition) is 0. The molecule has 16 heteroatoms. The zero-order valence-corrected chi connectivity index (χ0v) is 34.2. The third kappa shape index (κ3) is 9.40. The van der Waals surface area contributed by atoms with Gasteiger partial charge in [0.25, 0.3) is 0 Å². The fraction of sp³-hybridized carbons (Fsp3) is 0.0833. The van der Waals surface area contributed by atoms with E-state index in [1.165, 1.54) is 48.5 Å². The first-order valence-electron chi connectivity index (χ1n) is 18.9. The standard InChI is InChI=1S/C48H28F12O2P2/c49-45(50,51)31-11-19-35(20-12-31)63(36-21-13-32(14-22-36)46(52,53)54)61-41-27-9-29-5-1-3-7-39(29)43(41)44-40-8-4-2-6-30(40)10-28-42(44)62-64(37-23-15-33(16-24-37)47(55,56)57)38-25-17-34(18-26-38)48(58,59)60/h1-28H. The van der Waals surface area contributed by atoms with Crippen LogP contribution in [0.3, 0.4) is 0 Å². The minimum absolute atomic E-state index is 0.138. The lowest BCUT2D eigenvalue weighted by molar-refractivity contribution is -0.138. The minimum Gasteiger partial charge on any atom is -0.464 e. The van der Waals surface area contributed by atoms with Gasteiger partial charge in [-0.1, -0.05) is 109 Å². The third-order valence-corrected chi connectivity index (χ3v) is 14.0. The summed E-state index contributed by atoms with van der Waals surface area (Å²) >= 11 is 0. The van der Waals surface area contributed by atoms with Gasteiger partial charge in [-0.05, 0) is 82.2 Å². The third-order valence-electron chi connectivity index (χ3n) is 10.1. The Labute approximate surface area is 359 Å².